The number of aromatic nitrogens is 1. The molecule has 0 atom stereocenters. The lowest BCUT2D eigenvalue weighted by atomic mass is 10.2. The third-order valence-corrected chi connectivity index (χ3v) is 4.26. The number of ether oxygens (including phenoxy) is 1. The average molecular weight is 373 g/mol. The molecule has 1 fully saturated rings. The molecule has 0 aliphatic carbocycles. The van der Waals surface area contributed by atoms with Crippen LogP contribution in [0.25, 0.3) is 6.08 Å². The van der Waals surface area contributed by atoms with E-state index in [1.54, 1.807) is 24.4 Å². The van der Waals surface area contributed by atoms with Gasteiger partial charge in [-0.3, -0.25) is 4.79 Å². The van der Waals surface area contributed by atoms with Gasteiger partial charge in [0.05, 0.1) is 0 Å². The van der Waals surface area contributed by atoms with Gasteiger partial charge in [0.1, 0.15) is 11.6 Å². The maximum absolute atomic E-state index is 12.4. The summed E-state index contributed by atoms with van der Waals surface area (Å²) in [5.41, 5.74) is 1.36. The summed E-state index contributed by atoms with van der Waals surface area (Å²) in [6.45, 7) is -0.538. The van der Waals surface area contributed by atoms with E-state index in [2.05, 4.69) is 19.9 Å². The van der Waals surface area contributed by atoms with Gasteiger partial charge in [-0.1, -0.05) is 18.2 Å². The first-order chi connectivity index (χ1) is 13.1. The molecular weight excluding hydrogens is 352 g/mol. The summed E-state index contributed by atoms with van der Waals surface area (Å²) in [5, 5.41) is 2.79. The molecule has 1 aromatic heterocycles. The number of nitrogens with one attached hydrogen (secondary N) is 1. The summed E-state index contributed by atoms with van der Waals surface area (Å²) in [4.78, 5) is 18.7. The van der Waals surface area contributed by atoms with E-state index in [1.165, 1.54) is 31.1 Å². The van der Waals surface area contributed by atoms with Gasteiger partial charge in [0, 0.05) is 37.5 Å². The van der Waals surface area contributed by atoms with Crippen molar-refractivity contribution in [2.24, 2.45) is 0 Å². The van der Waals surface area contributed by atoms with Crippen LogP contribution in [0.4, 0.5) is 14.6 Å². The maximum atomic E-state index is 12.4. The molecule has 1 aliphatic rings. The predicted molar refractivity (Wildman–Crippen MR) is 99.6 cm³/mol. The van der Waals surface area contributed by atoms with E-state index in [-0.39, 0.29) is 11.7 Å². The lowest BCUT2D eigenvalue weighted by Crippen LogP contribution is -2.22. The van der Waals surface area contributed by atoms with Crippen LogP contribution in [0.15, 0.2) is 48.7 Å². The van der Waals surface area contributed by atoms with Gasteiger partial charge in [0.25, 0.3) is 0 Å². The van der Waals surface area contributed by atoms with E-state index < -0.39 is 6.61 Å². The molecule has 2 aromatic rings. The molecule has 2 heterocycles. The van der Waals surface area contributed by atoms with Crippen molar-refractivity contribution in [1.29, 1.82) is 0 Å². The van der Waals surface area contributed by atoms with Crippen LogP contribution in [0.3, 0.4) is 0 Å². The lowest BCUT2D eigenvalue weighted by Gasteiger charge is -2.16. The fraction of sp³-hybridized carbons (Fsp3) is 0.300. The van der Waals surface area contributed by atoms with Crippen molar-refractivity contribution in [1.82, 2.24) is 10.3 Å². The van der Waals surface area contributed by atoms with E-state index in [4.69, 9.17) is 0 Å². The molecule has 0 saturated carbocycles. The van der Waals surface area contributed by atoms with Crippen molar-refractivity contribution in [2.45, 2.75) is 26.0 Å². The van der Waals surface area contributed by atoms with Crippen molar-refractivity contribution < 1.29 is 18.3 Å². The van der Waals surface area contributed by atoms with Crippen LogP contribution in [0.5, 0.6) is 5.75 Å². The highest BCUT2D eigenvalue weighted by atomic mass is 19.3. The molecule has 1 aliphatic heterocycles. The zero-order chi connectivity index (χ0) is 19.1. The highest BCUT2D eigenvalue weighted by Crippen LogP contribution is 2.21. The standard InChI is InChI=1S/C20H21F2N3O2/c21-20(22)27-17-6-2-1-5-16(17)7-8-19(26)24-14-15-9-10-23-18(13-15)25-11-3-4-12-25/h1-2,5-10,13,20H,3-4,11-12,14H2,(H,24,26). The third kappa shape index (κ3) is 5.51. The van der Waals surface area contributed by atoms with E-state index in [1.807, 2.05) is 12.1 Å². The number of nitrogens with zero attached hydrogens (tertiary/aromatic N) is 2. The second-order valence-electron chi connectivity index (χ2n) is 6.18. The number of amides is 1. The Bertz CT molecular complexity index is 805. The maximum Gasteiger partial charge on any atom is 0.387 e. The third-order valence-electron chi connectivity index (χ3n) is 4.26. The number of para-hydroxylation sites is 1. The van der Waals surface area contributed by atoms with E-state index >= 15 is 0 Å². The molecule has 0 radical (unpaired) electrons. The van der Waals surface area contributed by atoms with Gasteiger partial charge in [0.15, 0.2) is 0 Å². The summed E-state index contributed by atoms with van der Waals surface area (Å²) in [6.07, 6.45) is 6.84. The van der Waals surface area contributed by atoms with Gasteiger partial charge in [-0.05, 0) is 42.7 Å². The first kappa shape index (κ1) is 18.8. The molecule has 142 valence electrons. The minimum Gasteiger partial charge on any atom is -0.434 e. The fourth-order valence-corrected chi connectivity index (χ4v) is 2.92. The number of hydrogen-bond donors (Lipinski definition) is 1. The number of benzene rings is 1. The minimum absolute atomic E-state index is 0.0286. The number of hydrogen-bond acceptors (Lipinski definition) is 4. The fourth-order valence-electron chi connectivity index (χ4n) is 2.92. The molecule has 0 unspecified atom stereocenters. The van der Waals surface area contributed by atoms with Crippen molar-refractivity contribution in [3.8, 4) is 5.75 Å². The number of alkyl halides is 2. The number of rotatable bonds is 7. The molecule has 1 amide bonds. The first-order valence-electron chi connectivity index (χ1n) is 8.81. The summed E-state index contributed by atoms with van der Waals surface area (Å²) < 4.78 is 29.3. The SMILES string of the molecule is O=C(C=Cc1ccccc1OC(F)F)NCc1ccnc(N2CCCC2)c1. The number of carbonyl (C=O) groups is 1. The van der Waals surface area contributed by atoms with E-state index in [0.717, 1.165) is 24.5 Å². The molecule has 1 saturated heterocycles. The molecule has 7 heteroatoms. The number of anilines is 1. The Morgan fingerprint density at radius 1 is 1.26 bits per heavy atom. The second kappa shape index (κ2) is 9.12. The van der Waals surface area contributed by atoms with Crippen LogP contribution in [-0.2, 0) is 11.3 Å². The molecule has 0 bridgehead atoms. The summed E-state index contributed by atoms with van der Waals surface area (Å²) >= 11 is 0. The first-order valence-corrected chi connectivity index (χ1v) is 8.81. The molecule has 3 rings (SSSR count). The Morgan fingerprint density at radius 3 is 2.81 bits per heavy atom. The van der Waals surface area contributed by atoms with E-state index in [0.29, 0.717) is 12.1 Å². The van der Waals surface area contributed by atoms with Crippen LogP contribution < -0.4 is 15.0 Å². The molecular formula is C20H21F2N3O2. The average Bonchev–Trinajstić information content (AvgIpc) is 3.20. The van der Waals surface area contributed by atoms with E-state index in [9.17, 15) is 13.6 Å². The molecule has 5 nitrogen and oxygen atoms in total. The van der Waals surface area contributed by atoms with Gasteiger partial charge in [0.2, 0.25) is 5.91 Å². The Morgan fingerprint density at radius 2 is 2.04 bits per heavy atom. The van der Waals surface area contributed by atoms with Crippen LogP contribution in [0.2, 0.25) is 0 Å². The monoisotopic (exact) mass is 373 g/mol. The quantitative estimate of drug-likeness (QED) is 0.754. The topological polar surface area (TPSA) is 54.5 Å². The summed E-state index contributed by atoms with van der Waals surface area (Å²) in [5.74, 6) is 0.634. The van der Waals surface area contributed by atoms with Crippen LogP contribution in [-0.4, -0.2) is 30.6 Å². The van der Waals surface area contributed by atoms with Crippen molar-refractivity contribution in [3.63, 3.8) is 0 Å². The Labute approximate surface area is 156 Å². The summed E-state index contributed by atoms with van der Waals surface area (Å²) in [7, 11) is 0. The number of pyridine rings is 1. The van der Waals surface area contributed by atoms with Gasteiger partial charge in [-0.15, -0.1) is 0 Å². The Kier molecular flexibility index (Phi) is 6.35. The van der Waals surface area contributed by atoms with Gasteiger partial charge >= 0.3 is 6.61 Å². The van der Waals surface area contributed by atoms with Crippen LogP contribution in [0.1, 0.15) is 24.0 Å². The highest BCUT2D eigenvalue weighted by Gasteiger charge is 2.13. The summed E-state index contributed by atoms with van der Waals surface area (Å²) in [6, 6.07) is 10.1. The predicted octanol–water partition coefficient (Wildman–Crippen LogP) is 3.61. The number of carbonyl (C=O) groups excluding carboxylic acids is 1. The lowest BCUT2D eigenvalue weighted by molar-refractivity contribution is -0.116. The Hall–Kier alpha value is -2.96. The minimum atomic E-state index is -2.91. The zero-order valence-corrected chi connectivity index (χ0v) is 14.8. The van der Waals surface area contributed by atoms with Crippen molar-refractivity contribution in [3.05, 3.63) is 59.8 Å². The molecule has 1 aromatic carbocycles. The van der Waals surface area contributed by atoms with Gasteiger partial charge in [-0.2, -0.15) is 8.78 Å². The van der Waals surface area contributed by atoms with Gasteiger partial charge in [-0.25, -0.2) is 4.98 Å². The van der Waals surface area contributed by atoms with Gasteiger partial charge < -0.3 is 15.0 Å². The van der Waals surface area contributed by atoms with Crippen LogP contribution in [0, 0.1) is 0 Å². The Balaban J connectivity index is 1.57. The largest absolute Gasteiger partial charge is 0.434 e. The molecule has 1 N–H and O–H groups in total. The highest BCUT2D eigenvalue weighted by molar-refractivity contribution is 5.92. The zero-order valence-electron chi connectivity index (χ0n) is 14.8. The molecule has 0 spiro atoms. The van der Waals surface area contributed by atoms with Crippen molar-refractivity contribution >= 4 is 17.8 Å². The molecule has 27 heavy (non-hydrogen) atoms. The smallest absolute Gasteiger partial charge is 0.387 e. The second-order valence-corrected chi connectivity index (χ2v) is 6.18. The normalized spacial score (nSPS) is 14.1. The van der Waals surface area contributed by atoms with Crippen molar-refractivity contribution in [2.75, 3.05) is 18.0 Å². The number of halogens is 2. The van der Waals surface area contributed by atoms with Crippen LogP contribution >= 0.6 is 0 Å².